The van der Waals surface area contributed by atoms with E-state index in [1.807, 2.05) is 30.5 Å². The van der Waals surface area contributed by atoms with Crippen molar-refractivity contribution in [1.82, 2.24) is 15.2 Å². The van der Waals surface area contributed by atoms with E-state index in [4.69, 9.17) is 5.73 Å². The summed E-state index contributed by atoms with van der Waals surface area (Å²) in [5.74, 6) is 0.654. The van der Waals surface area contributed by atoms with Crippen molar-refractivity contribution in [1.29, 1.82) is 0 Å². The second kappa shape index (κ2) is 7.07. The van der Waals surface area contributed by atoms with Crippen LogP contribution in [-0.2, 0) is 11.2 Å². The maximum atomic E-state index is 11.4. The number of hydrogen-bond acceptors (Lipinski definition) is 5. The highest BCUT2D eigenvalue weighted by Gasteiger charge is 2.25. The normalized spacial score (nSPS) is 15.3. The molecule has 1 aromatic carbocycles. The van der Waals surface area contributed by atoms with E-state index in [0.29, 0.717) is 6.42 Å². The van der Waals surface area contributed by atoms with Crippen LogP contribution < -0.4 is 10.6 Å². The molecule has 1 aliphatic rings. The van der Waals surface area contributed by atoms with Gasteiger partial charge in [0, 0.05) is 48.6 Å². The SMILES string of the molecule is NC(=O)C1CCN(c2nnc(Cc3cccnc3)c3ccccc23)CC1. The van der Waals surface area contributed by atoms with Crippen molar-refractivity contribution in [3.8, 4) is 0 Å². The summed E-state index contributed by atoms with van der Waals surface area (Å²) >= 11 is 0. The van der Waals surface area contributed by atoms with Crippen molar-refractivity contribution in [2.24, 2.45) is 11.7 Å². The van der Waals surface area contributed by atoms with Crippen LogP contribution in [0.25, 0.3) is 10.8 Å². The first-order valence-electron chi connectivity index (χ1n) is 8.90. The van der Waals surface area contributed by atoms with E-state index in [0.717, 1.165) is 53.8 Å². The lowest BCUT2D eigenvalue weighted by Gasteiger charge is -2.31. The molecule has 0 saturated carbocycles. The first-order chi connectivity index (χ1) is 12.7. The molecule has 2 N–H and O–H groups in total. The standard InChI is InChI=1S/C20H21N5O/c21-19(26)15-7-10-25(11-8-15)20-17-6-2-1-5-16(17)18(23-24-20)12-14-4-3-9-22-13-14/h1-6,9,13,15H,7-8,10-12H2,(H2,21,26). The van der Waals surface area contributed by atoms with Crippen LogP contribution in [0.2, 0.25) is 0 Å². The van der Waals surface area contributed by atoms with Gasteiger partial charge in [0.15, 0.2) is 5.82 Å². The minimum Gasteiger partial charge on any atom is -0.369 e. The van der Waals surface area contributed by atoms with Gasteiger partial charge in [-0.1, -0.05) is 30.3 Å². The summed E-state index contributed by atoms with van der Waals surface area (Å²) in [6.45, 7) is 1.54. The van der Waals surface area contributed by atoms with Crippen molar-refractivity contribution in [2.45, 2.75) is 19.3 Å². The number of primary amides is 1. The summed E-state index contributed by atoms with van der Waals surface area (Å²) in [6.07, 6.45) is 5.86. The highest BCUT2D eigenvalue weighted by Crippen LogP contribution is 2.29. The number of rotatable bonds is 4. The van der Waals surface area contributed by atoms with Crippen LogP contribution in [0, 0.1) is 5.92 Å². The fourth-order valence-electron chi connectivity index (χ4n) is 3.58. The second-order valence-corrected chi connectivity index (χ2v) is 6.72. The van der Waals surface area contributed by atoms with E-state index >= 15 is 0 Å². The van der Waals surface area contributed by atoms with Gasteiger partial charge in [-0.05, 0) is 24.5 Å². The molecule has 0 bridgehead atoms. The van der Waals surface area contributed by atoms with E-state index in [1.165, 1.54) is 0 Å². The molecule has 4 rings (SSSR count). The average molecular weight is 347 g/mol. The molecule has 26 heavy (non-hydrogen) atoms. The molecule has 0 aliphatic carbocycles. The lowest BCUT2D eigenvalue weighted by Crippen LogP contribution is -2.39. The molecular formula is C20H21N5O. The Morgan fingerprint density at radius 2 is 1.85 bits per heavy atom. The van der Waals surface area contributed by atoms with Crippen LogP contribution in [0.4, 0.5) is 5.82 Å². The second-order valence-electron chi connectivity index (χ2n) is 6.72. The van der Waals surface area contributed by atoms with Gasteiger partial charge in [-0.3, -0.25) is 9.78 Å². The number of amides is 1. The Morgan fingerprint density at radius 1 is 1.08 bits per heavy atom. The van der Waals surface area contributed by atoms with E-state index in [-0.39, 0.29) is 11.8 Å². The zero-order valence-electron chi connectivity index (χ0n) is 14.5. The average Bonchev–Trinajstić information content (AvgIpc) is 2.69. The lowest BCUT2D eigenvalue weighted by molar-refractivity contribution is -0.122. The Balaban J connectivity index is 1.66. The number of carbonyl (C=O) groups excluding carboxylic acids is 1. The molecule has 6 heteroatoms. The number of nitrogens with two attached hydrogens (primary N) is 1. The quantitative estimate of drug-likeness (QED) is 0.783. The molecular weight excluding hydrogens is 326 g/mol. The van der Waals surface area contributed by atoms with Gasteiger partial charge in [0.05, 0.1) is 5.69 Å². The van der Waals surface area contributed by atoms with Crippen molar-refractivity contribution < 1.29 is 4.79 Å². The molecule has 6 nitrogen and oxygen atoms in total. The smallest absolute Gasteiger partial charge is 0.220 e. The lowest BCUT2D eigenvalue weighted by atomic mass is 9.96. The fourth-order valence-corrected chi connectivity index (χ4v) is 3.58. The van der Waals surface area contributed by atoms with Gasteiger partial charge in [-0.25, -0.2) is 0 Å². The molecule has 0 radical (unpaired) electrons. The van der Waals surface area contributed by atoms with Gasteiger partial charge in [-0.2, -0.15) is 5.10 Å². The number of anilines is 1. The molecule has 1 aliphatic heterocycles. The van der Waals surface area contributed by atoms with Crippen LogP contribution in [0.1, 0.15) is 24.1 Å². The fraction of sp³-hybridized carbons (Fsp3) is 0.300. The van der Waals surface area contributed by atoms with E-state index in [9.17, 15) is 4.79 Å². The zero-order valence-corrected chi connectivity index (χ0v) is 14.5. The van der Waals surface area contributed by atoms with Gasteiger partial charge in [-0.15, -0.1) is 5.10 Å². The van der Waals surface area contributed by atoms with Gasteiger partial charge in [0.2, 0.25) is 5.91 Å². The number of piperidine rings is 1. The Morgan fingerprint density at radius 3 is 2.54 bits per heavy atom. The molecule has 3 aromatic rings. The van der Waals surface area contributed by atoms with Gasteiger partial charge < -0.3 is 10.6 Å². The number of hydrogen-bond donors (Lipinski definition) is 1. The zero-order chi connectivity index (χ0) is 17.9. The third-order valence-electron chi connectivity index (χ3n) is 5.04. The number of nitrogens with zero attached hydrogens (tertiary/aromatic N) is 4. The molecule has 2 aromatic heterocycles. The van der Waals surface area contributed by atoms with Crippen molar-refractivity contribution in [3.05, 3.63) is 60.0 Å². The maximum Gasteiger partial charge on any atom is 0.220 e. The first kappa shape index (κ1) is 16.4. The minimum absolute atomic E-state index is 0.0321. The summed E-state index contributed by atoms with van der Waals surface area (Å²) < 4.78 is 0. The number of carbonyl (C=O) groups is 1. The summed E-state index contributed by atoms with van der Waals surface area (Å²) in [5.41, 5.74) is 7.51. The van der Waals surface area contributed by atoms with Gasteiger partial charge in [0.25, 0.3) is 0 Å². The topological polar surface area (TPSA) is 85.0 Å². The van der Waals surface area contributed by atoms with Crippen LogP contribution in [0.3, 0.4) is 0 Å². The van der Waals surface area contributed by atoms with Crippen LogP contribution in [0.5, 0.6) is 0 Å². The van der Waals surface area contributed by atoms with E-state index in [1.54, 1.807) is 6.20 Å². The molecule has 132 valence electrons. The number of fused-ring (bicyclic) bond motifs is 1. The summed E-state index contributed by atoms with van der Waals surface area (Å²) in [6, 6.07) is 12.2. The van der Waals surface area contributed by atoms with Gasteiger partial charge >= 0.3 is 0 Å². The molecule has 1 fully saturated rings. The Labute approximate surface area is 152 Å². The Bertz CT molecular complexity index is 920. The number of aromatic nitrogens is 3. The van der Waals surface area contributed by atoms with Crippen molar-refractivity contribution >= 4 is 22.5 Å². The molecule has 3 heterocycles. The summed E-state index contributed by atoms with van der Waals surface area (Å²) in [7, 11) is 0. The Hall–Kier alpha value is -3.02. The highest BCUT2D eigenvalue weighted by molar-refractivity contribution is 5.93. The number of benzene rings is 1. The first-order valence-corrected chi connectivity index (χ1v) is 8.90. The van der Waals surface area contributed by atoms with Crippen molar-refractivity contribution in [2.75, 3.05) is 18.0 Å². The predicted molar refractivity (Wildman–Crippen MR) is 101 cm³/mol. The third kappa shape index (κ3) is 3.22. The molecule has 0 unspecified atom stereocenters. The van der Waals surface area contributed by atoms with E-state index < -0.39 is 0 Å². The van der Waals surface area contributed by atoms with E-state index in [2.05, 4.69) is 32.2 Å². The van der Waals surface area contributed by atoms with Crippen LogP contribution in [0.15, 0.2) is 48.8 Å². The Kier molecular flexibility index (Phi) is 4.48. The molecule has 1 saturated heterocycles. The largest absolute Gasteiger partial charge is 0.369 e. The van der Waals surface area contributed by atoms with Crippen molar-refractivity contribution in [3.63, 3.8) is 0 Å². The third-order valence-corrected chi connectivity index (χ3v) is 5.04. The van der Waals surface area contributed by atoms with Crippen LogP contribution >= 0.6 is 0 Å². The predicted octanol–water partition coefficient (Wildman–Crippen LogP) is 2.32. The molecule has 1 amide bonds. The van der Waals surface area contributed by atoms with Crippen LogP contribution in [-0.4, -0.2) is 34.2 Å². The summed E-state index contributed by atoms with van der Waals surface area (Å²) in [4.78, 5) is 17.8. The summed E-state index contributed by atoms with van der Waals surface area (Å²) in [5, 5.41) is 11.3. The monoisotopic (exact) mass is 347 g/mol. The number of pyridine rings is 1. The maximum absolute atomic E-state index is 11.4. The highest BCUT2D eigenvalue weighted by atomic mass is 16.1. The van der Waals surface area contributed by atoms with Gasteiger partial charge in [0.1, 0.15) is 0 Å². The molecule has 0 atom stereocenters. The minimum atomic E-state index is -0.201. The molecule has 0 spiro atoms.